The summed E-state index contributed by atoms with van der Waals surface area (Å²) in [6, 6.07) is 40.3. The number of benzene rings is 8. The molecule has 0 aromatic heterocycles. The Morgan fingerprint density at radius 2 is 0.729 bits per heavy atom. The summed E-state index contributed by atoms with van der Waals surface area (Å²) in [5.74, 6) is -5.93. The number of nitrogens with one attached hydrogen (secondary N) is 2. The van der Waals surface area contributed by atoms with E-state index in [0.717, 1.165) is 34.7 Å². The Balaban J connectivity index is 1.28. The van der Waals surface area contributed by atoms with Gasteiger partial charge in [0.25, 0.3) is 11.8 Å². The summed E-state index contributed by atoms with van der Waals surface area (Å²) in [6.45, 7) is 10.8. The number of hydrogen-bond donors (Lipinski definition) is 8. The molecule has 0 saturated carbocycles. The highest BCUT2D eigenvalue weighted by Crippen LogP contribution is 2.54. The van der Waals surface area contributed by atoms with Crippen LogP contribution in [-0.4, -0.2) is 54.9 Å². The van der Waals surface area contributed by atoms with E-state index in [4.69, 9.17) is 0 Å². The van der Waals surface area contributed by atoms with Gasteiger partial charge in [-0.05, 0) is 69.8 Å². The molecule has 0 spiro atoms. The number of aromatic hydroxyl groups is 6. The second kappa shape index (κ2) is 19.9. The zero-order valence-electron chi connectivity index (χ0n) is 39.6. The molecule has 0 heterocycles. The standard InChI is InChI=1S/C58H54N4O8/c1-31(2)43-39-27-33(5)45(53(65)49(39)41(51(63)55(43)67)29-59-61-57(69)47(35-19-11-7-12-20-35)36-21-13-8-14-22-36)46-34(6)28-40-44(32(3)4)56(68)52(64)42(50(40)54(46)66)30-60-62-58(70)48(37-23-15-9-16-24-37)38-25-17-10-18-26-38/h7-32,47-48,63-68H,1-6H3,(H,61,69)(H,62,70)/b59-29+,60-30+. The van der Waals surface area contributed by atoms with E-state index < -0.39 is 46.6 Å². The van der Waals surface area contributed by atoms with Crippen LogP contribution in [-0.2, 0) is 9.59 Å². The maximum absolute atomic E-state index is 13.9. The molecule has 0 unspecified atom stereocenters. The van der Waals surface area contributed by atoms with Crippen LogP contribution < -0.4 is 10.9 Å². The predicted octanol–water partition coefficient (Wildman–Crippen LogP) is 11.3. The molecule has 0 aliphatic carbocycles. The van der Waals surface area contributed by atoms with Crippen molar-refractivity contribution in [1.29, 1.82) is 0 Å². The first-order chi connectivity index (χ1) is 33.6. The molecule has 0 radical (unpaired) electrons. The van der Waals surface area contributed by atoms with Crippen LogP contribution in [0.5, 0.6) is 34.5 Å². The fourth-order valence-corrected chi connectivity index (χ4v) is 9.65. The zero-order chi connectivity index (χ0) is 50.0. The lowest BCUT2D eigenvalue weighted by atomic mass is 9.83. The number of fused-ring (bicyclic) bond motifs is 2. The first-order valence-electron chi connectivity index (χ1n) is 23.0. The van der Waals surface area contributed by atoms with E-state index in [0.29, 0.717) is 33.0 Å². The quantitative estimate of drug-likeness (QED) is 0.0317. The van der Waals surface area contributed by atoms with Gasteiger partial charge in [-0.2, -0.15) is 10.2 Å². The largest absolute Gasteiger partial charge is 0.507 e. The van der Waals surface area contributed by atoms with Crippen LogP contribution in [0.15, 0.2) is 144 Å². The molecule has 70 heavy (non-hydrogen) atoms. The highest BCUT2D eigenvalue weighted by atomic mass is 16.3. The molecule has 0 fully saturated rings. The summed E-state index contributed by atoms with van der Waals surface area (Å²) in [4.78, 5) is 27.9. The first-order valence-corrected chi connectivity index (χ1v) is 23.0. The van der Waals surface area contributed by atoms with Crippen molar-refractivity contribution in [3.05, 3.63) is 189 Å². The van der Waals surface area contributed by atoms with E-state index in [-0.39, 0.29) is 56.4 Å². The second-order valence-electron chi connectivity index (χ2n) is 18.0. The summed E-state index contributed by atoms with van der Waals surface area (Å²) >= 11 is 0. The Kier molecular flexibility index (Phi) is 13.6. The van der Waals surface area contributed by atoms with Crippen molar-refractivity contribution >= 4 is 45.8 Å². The van der Waals surface area contributed by atoms with Gasteiger partial charge < -0.3 is 30.6 Å². The Morgan fingerprint density at radius 3 is 1.00 bits per heavy atom. The van der Waals surface area contributed by atoms with E-state index in [1.54, 1.807) is 26.0 Å². The molecule has 0 atom stereocenters. The highest BCUT2D eigenvalue weighted by Gasteiger charge is 2.31. The van der Waals surface area contributed by atoms with Gasteiger partial charge in [0.1, 0.15) is 11.5 Å². The van der Waals surface area contributed by atoms with Crippen molar-refractivity contribution in [2.24, 2.45) is 10.2 Å². The van der Waals surface area contributed by atoms with Crippen LogP contribution in [0.2, 0.25) is 0 Å². The van der Waals surface area contributed by atoms with E-state index in [2.05, 4.69) is 21.1 Å². The van der Waals surface area contributed by atoms with Crippen molar-refractivity contribution in [2.75, 3.05) is 0 Å². The number of aryl methyl sites for hydroxylation is 2. The van der Waals surface area contributed by atoms with Crippen LogP contribution in [0.1, 0.15) is 107 Å². The van der Waals surface area contributed by atoms with E-state index in [1.165, 1.54) is 0 Å². The summed E-state index contributed by atoms with van der Waals surface area (Å²) in [6.07, 6.45) is 2.33. The smallest absolute Gasteiger partial charge is 0.252 e. The lowest BCUT2D eigenvalue weighted by Crippen LogP contribution is -2.26. The molecule has 8 aromatic carbocycles. The maximum atomic E-state index is 13.9. The molecule has 2 amide bonds. The minimum atomic E-state index is -0.743. The number of hydrogen-bond acceptors (Lipinski definition) is 10. The maximum Gasteiger partial charge on any atom is 0.252 e. The molecular formula is C58H54N4O8. The normalized spacial score (nSPS) is 11.9. The van der Waals surface area contributed by atoms with Gasteiger partial charge in [0.2, 0.25) is 0 Å². The molecule has 0 bridgehead atoms. The van der Waals surface area contributed by atoms with Gasteiger partial charge in [-0.25, -0.2) is 10.9 Å². The van der Waals surface area contributed by atoms with Gasteiger partial charge in [-0.15, -0.1) is 0 Å². The molecular weight excluding hydrogens is 881 g/mol. The second-order valence-corrected chi connectivity index (χ2v) is 18.0. The lowest BCUT2D eigenvalue weighted by molar-refractivity contribution is -0.122. The van der Waals surface area contributed by atoms with Gasteiger partial charge >= 0.3 is 0 Å². The molecule has 0 aliphatic heterocycles. The van der Waals surface area contributed by atoms with Crippen LogP contribution >= 0.6 is 0 Å². The van der Waals surface area contributed by atoms with Gasteiger partial charge in [-0.1, -0.05) is 161 Å². The average molecular weight is 935 g/mol. The monoisotopic (exact) mass is 934 g/mol. The summed E-state index contributed by atoms with van der Waals surface area (Å²) in [5.41, 5.74) is 9.81. The number of phenols is 6. The number of carbonyl (C=O) groups is 2. The number of nitrogens with zero attached hydrogens (tertiary/aromatic N) is 2. The number of rotatable bonds is 13. The highest BCUT2D eigenvalue weighted by molar-refractivity contribution is 6.15. The SMILES string of the molecule is Cc1cc2c(C(C)C)c(O)c(O)c(/C=N/NC(=O)C(c3ccccc3)c3ccccc3)c2c(O)c1-c1c(C)cc2c(C(C)C)c(O)c(O)c(/C=N/NC(=O)C(c3ccccc3)c3ccccc3)c2c1O. The number of amides is 2. The van der Waals surface area contributed by atoms with E-state index in [9.17, 15) is 40.2 Å². The van der Waals surface area contributed by atoms with E-state index in [1.807, 2.05) is 149 Å². The van der Waals surface area contributed by atoms with Crippen molar-refractivity contribution in [3.8, 4) is 45.6 Å². The number of carbonyl (C=O) groups excluding carboxylic acids is 2. The van der Waals surface area contributed by atoms with Gasteiger partial charge in [0.05, 0.1) is 35.4 Å². The molecule has 8 rings (SSSR count). The van der Waals surface area contributed by atoms with Crippen molar-refractivity contribution in [3.63, 3.8) is 0 Å². The number of hydrazone groups is 2. The summed E-state index contributed by atoms with van der Waals surface area (Å²) < 4.78 is 0. The third-order valence-corrected chi connectivity index (χ3v) is 12.8. The first kappa shape index (κ1) is 47.8. The Bertz CT molecular complexity index is 3040. The zero-order valence-corrected chi connectivity index (χ0v) is 39.6. The molecule has 8 aromatic rings. The van der Waals surface area contributed by atoms with Gasteiger partial charge in [0, 0.05) is 33.0 Å². The van der Waals surface area contributed by atoms with Crippen LogP contribution in [0.3, 0.4) is 0 Å². The Morgan fingerprint density at radius 1 is 0.443 bits per heavy atom. The van der Waals surface area contributed by atoms with Crippen molar-refractivity contribution in [1.82, 2.24) is 10.9 Å². The number of phenolic OH excluding ortho intramolecular Hbond substituents is 6. The molecule has 0 aliphatic rings. The van der Waals surface area contributed by atoms with E-state index >= 15 is 0 Å². The molecule has 12 nitrogen and oxygen atoms in total. The van der Waals surface area contributed by atoms with Crippen LogP contribution in [0.25, 0.3) is 32.7 Å². The minimum absolute atomic E-state index is 0.0754. The van der Waals surface area contributed by atoms with Crippen molar-refractivity contribution < 1.29 is 40.2 Å². The Hall–Kier alpha value is -8.64. The molecule has 354 valence electrons. The molecule has 12 heteroatoms. The average Bonchev–Trinajstić information content (AvgIpc) is 3.34. The minimum Gasteiger partial charge on any atom is -0.507 e. The van der Waals surface area contributed by atoms with Crippen LogP contribution in [0.4, 0.5) is 0 Å². The molecule has 0 saturated heterocycles. The topological polar surface area (TPSA) is 204 Å². The van der Waals surface area contributed by atoms with Gasteiger partial charge in [-0.3, -0.25) is 9.59 Å². The van der Waals surface area contributed by atoms with Crippen molar-refractivity contribution in [2.45, 2.75) is 65.2 Å². The lowest BCUT2D eigenvalue weighted by Gasteiger charge is -2.23. The third-order valence-electron chi connectivity index (χ3n) is 12.8. The van der Waals surface area contributed by atoms with Gasteiger partial charge in [0.15, 0.2) is 23.0 Å². The molecule has 8 N–H and O–H groups in total. The third kappa shape index (κ3) is 8.82. The van der Waals surface area contributed by atoms with Crippen LogP contribution in [0, 0.1) is 13.8 Å². The summed E-state index contributed by atoms with van der Waals surface area (Å²) in [7, 11) is 0. The fourth-order valence-electron chi connectivity index (χ4n) is 9.65. The predicted molar refractivity (Wildman–Crippen MR) is 275 cm³/mol. The fraction of sp³-hybridized carbons (Fsp3) is 0.172. The summed E-state index contributed by atoms with van der Waals surface area (Å²) in [5, 5.41) is 81.2. The Labute approximate surface area is 405 Å².